The van der Waals surface area contributed by atoms with Gasteiger partial charge in [-0.05, 0) is 35.9 Å². The van der Waals surface area contributed by atoms with E-state index in [1.807, 2.05) is 30.5 Å². The van der Waals surface area contributed by atoms with Crippen LogP contribution >= 0.6 is 11.8 Å². The summed E-state index contributed by atoms with van der Waals surface area (Å²) in [6, 6.07) is 16.1. The number of carbonyl (C=O) groups is 1. The highest BCUT2D eigenvalue weighted by Gasteiger charge is 2.32. The van der Waals surface area contributed by atoms with E-state index in [0.29, 0.717) is 13.1 Å². The molecule has 0 saturated heterocycles. The highest BCUT2D eigenvalue weighted by atomic mass is 32.2. The van der Waals surface area contributed by atoms with Crippen LogP contribution in [-0.4, -0.2) is 39.8 Å². The SMILES string of the molecule is COC(=O)[C@@H]1Cc2ccccc2CN1Cn1c(SC)nc2ccccc21. The molecular weight excluding hydrogens is 346 g/mol. The first-order valence-electron chi connectivity index (χ1n) is 8.59. The minimum Gasteiger partial charge on any atom is -0.468 e. The van der Waals surface area contributed by atoms with E-state index in [-0.39, 0.29) is 12.0 Å². The van der Waals surface area contributed by atoms with Crippen LogP contribution in [-0.2, 0) is 29.2 Å². The molecule has 0 bridgehead atoms. The molecular formula is C20H21N3O2S. The number of benzene rings is 2. The van der Waals surface area contributed by atoms with E-state index < -0.39 is 0 Å². The van der Waals surface area contributed by atoms with Crippen LogP contribution in [0.1, 0.15) is 11.1 Å². The molecule has 0 unspecified atom stereocenters. The molecule has 1 atom stereocenters. The van der Waals surface area contributed by atoms with Gasteiger partial charge in [0.05, 0.1) is 24.8 Å². The van der Waals surface area contributed by atoms with Crippen LogP contribution in [0.15, 0.2) is 53.7 Å². The zero-order valence-corrected chi connectivity index (χ0v) is 15.7. The van der Waals surface area contributed by atoms with Gasteiger partial charge in [-0.2, -0.15) is 0 Å². The second kappa shape index (κ2) is 7.13. The molecule has 2 aromatic carbocycles. The smallest absolute Gasteiger partial charge is 0.323 e. The Balaban J connectivity index is 1.73. The number of thioether (sulfide) groups is 1. The highest BCUT2D eigenvalue weighted by Crippen LogP contribution is 2.28. The predicted molar refractivity (Wildman–Crippen MR) is 103 cm³/mol. The lowest BCUT2D eigenvalue weighted by atomic mass is 9.94. The summed E-state index contributed by atoms with van der Waals surface area (Å²) in [4.78, 5) is 19.3. The van der Waals surface area contributed by atoms with Gasteiger partial charge in [0.15, 0.2) is 5.16 Å². The van der Waals surface area contributed by atoms with E-state index in [1.165, 1.54) is 18.2 Å². The van der Waals surface area contributed by atoms with Crippen molar-refractivity contribution in [2.75, 3.05) is 13.4 Å². The standard InChI is InChI=1S/C20H21N3O2S/c1-25-19(24)18-11-14-7-3-4-8-15(14)12-22(18)13-23-17-10-6-5-9-16(17)21-20(23)26-2/h3-10,18H,11-13H2,1-2H3/t18-/m0/s1. The molecule has 0 radical (unpaired) electrons. The molecule has 134 valence electrons. The van der Waals surface area contributed by atoms with Crippen LogP contribution in [0.4, 0.5) is 0 Å². The normalized spacial score (nSPS) is 17.2. The fourth-order valence-electron chi connectivity index (χ4n) is 3.62. The Morgan fingerprint density at radius 1 is 1.19 bits per heavy atom. The second-order valence-corrected chi connectivity index (χ2v) is 7.19. The van der Waals surface area contributed by atoms with Gasteiger partial charge >= 0.3 is 5.97 Å². The average molecular weight is 367 g/mol. The second-order valence-electron chi connectivity index (χ2n) is 6.42. The van der Waals surface area contributed by atoms with Gasteiger partial charge in [-0.1, -0.05) is 48.2 Å². The number of nitrogens with zero attached hydrogens (tertiary/aromatic N) is 3. The van der Waals surface area contributed by atoms with Gasteiger partial charge < -0.3 is 9.30 Å². The third kappa shape index (κ3) is 2.99. The molecule has 0 fully saturated rings. The van der Waals surface area contributed by atoms with Crippen LogP contribution in [0.3, 0.4) is 0 Å². The fourth-order valence-corrected chi connectivity index (χ4v) is 4.19. The lowest BCUT2D eigenvalue weighted by Gasteiger charge is -2.35. The van der Waals surface area contributed by atoms with Crippen molar-refractivity contribution in [1.82, 2.24) is 14.5 Å². The minimum atomic E-state index is -0.286. The number of methoxy groups -OCH3 is 1. The minimum absolute atomic E-state index is 0.186. The van der Waals surface area contributed by atoms with Gasteiger partial charge in [0.25, 0.3) is 0 Å². The van der Waals surface area contributed by atoms with E-state index in [0.717, 1.165) is 22.7 Å². The molecule has 2 heterocycles. The molecule has 6 heteroatoms. The highest BCUT2D eigenvalue weighted by molar-refractivity contribution is 7.98. The molecule has 0 spiro atoms. The van der Waals surface area contributed by atoms with E-state index >= 15 is 0 Å². The van der Waals surface area contributed by atoms with Crippen molar-refractivity contribution in [2.45, 2.75) is 30.8 Å². The topological polar surface area (TPSA) is 47.4 Å². The van der Waals surface area contributed by atoms with Crippen molar-refractivity contribution in [3.05, 3.63) is 59.7 Å². The lowest BCUT2D eigenvalue weighted by molar-refractivity contribution is -0.148. The van der Waals surface area contributed by atoms with Gasteiger partial charge in [-0.3, -0.25) is 9.69 Å². The maximum absolute atomic E-state index is 12.4. The molecule has 4 rings (SSSR count). The maximum atomic E-state index is 12.4. The molecule has 0 amide bonds. The zero-order valence-electron chi connectivity index (χ0n) is 14.9. The number of esters is 1. The number of rotatable bonds is 4. The zero-order chi connectivity index (χ0) is 18.1. The summed E-state index contributed by atoms with van der Waals surface area (Å²) in [6.07, 6.45) is 2.70. The van der Waals surface area contributed by atoms with Crippen molar-refractivity contribution in [2.24, 2.45) is 0 Å². The molecule has 0 aliphatic carbocycles. The number of aromatic nitrogens is 2. The van der Waals surface area contributed by atoms with E-state index in [1.54, 1.807) is 11.8 Å². The number of imidazole rings is 1. The van der Waals surface area contributed by atoms with Crippen molar-refractivity contribution in [3.8, 4) is 0 Å². The lowest BCUT2D eigenvalue weighted by Crippen LogP contribution is -2.46. The predicted octanol–water partition coefficient (Wildman–Crippen LogP) is 3.32. The van der Waals surface area contributed by atoms with E-state index in [2.05, 4.69) is 33.7 Å². The summed E-state index contributed by atoms with van der Waals surface area (Å²) in [6.45, 7) is 1.32. The summed E-state index contributed by atoms with van der Waals surface area (Å²) >= 11 is 1.62. The first-order chi connectivity index (χ1) is 12.7. The third-order valence-electron chi connectivity index (χ3n) is 4.94. The summed E-state index contributed by atoms with van der Waals surface area (Å²) < 4.78 is 7.27. The number of carbonyl (C=O) groups excluding carboxylic acids is 1. The van der Waals surface area contributed by atoms with E-state index in [9.17, 15) is 4.79 Å². The molecule has 1 aliphatic rings. The largest absolute Gasteiger partial charge is 0.468 e. The Kier molecular flexibility index (Phi) is 4.70. The van der Waals surface area contributed by atoms with Gasteiger partial charge in [0, 0.05) is 6.54 Å². The van der Waals surface area contributed by atoms with Crippen LogP contribution in [0.2, 0.25) is 0 Å². The Morgan fingerprint density at radius 2 is 1.92 bits per heavy atom. The Labute approximate surface area is 157 Å². The third-order valence-corrected chi connectivity index (χ3v) is 5.62. The number of hydrogen-bond acceptors (Lipinski definition) is 5. The Hall–Kier alpha value is -2.31. The quantitative estimate of drug-likeness (QED) is 0.523. The number of fused-ring (bicyclic) bond motifs is 2. The van der Waals surface area contributed by atoms with Crippen molar-refractivity contribution >= 4 is 28.8 Å². The van der Waals surface area contributed by atoms with Gasteiger partial charge in [0.2, 0.25) is 0 Å². The van der Waals surface area contributed by atoms with Crippen LogP contribution < -0.4 is 0 Å². The number of ether oxygens (including phenoxy) is 1. The molecule has 1 aromatic heterocycles. The summed E-state index contributed by atoms with van der Waals surface area (Å²) in [7, 11) is 1.46. The van der Waals surface area contributed by atoms with E-state index in [4.69, 9.17) is 9.72 Å². The van der Waals surface area contributed by atoms with Crippen molar-refractivity contribution in [1.29, 1.82) is 0 Å². The van der Waals surface area contributed by atoms with Gasteiger partial charge in [-0.25, -0.2) is 4.98 Å². The average Bonchev–Trinajstić information content (AvgIpc) is 3.04. The summed E-state index contributed by atoms with van der Waals surface area (Å²) in [5, 5.41) is 0.952. The maximum Gasteiger partial charge on any atom is 0.323 e. The van der Waals surface area contributed by atoms with Crippen molar-refractivity contribution < 1.29 is 9.53 Å². The fraction of sp³-hybridized carbons (Fsp3) is 0.300. The monoisotopic (exact) mass is 367 g/mol. The van der Waals surface area contributed by atoms with Crippen molar-refractivity contribution in [3.63, 3.8) is 0 Å². The summed E-state index contributed by atoms with van der Waals surface area (Å²) in [5.41, 5.74) is 4.55. The van der Waals surface area contributed by atoms with Crippen LogP contribution in [0, 0.1) is 0 Å². The van der Waals surface area contributed by atoms with Crippen LogP contribution in [0.5, 0.6) is 0 Å². The van der Waals surface area contributed by atoms with Gasteiger partial charge in [-0.15, -0.1) is 0 Å². The molecule has 26 heavy (non-hydrogen) atoms. The van der Waals surface area contributed by atoms with Gasteiger partial charge in [0.1, 0.15) is 6.04 Å². The first kappa shape index (κ1) is 17.1. The molecule has 0 N–H and O–H groups in total. The molecule has 3 aromatic rings. The molecule has 1 aliphatic heterocycles. The molecule has 0 saturated carbocycles. The first-order valence-corrected chi connectivity index (χ1v) is 9.81. The summed E-state index contributed by atoms with van der Waals surface area (Å²) in [5.74, 6) is -0.186. The van der Waals surface area contributed by atoms with Crippen LogP contribution in [0.25, 0.3) is 11.0 Å². The molecule has 5 nitrogen and oxygen atoms in total. The number of para-hydroxylation sites is 2. The number of hydrogen-bond donors (Lipinski definition) is 0. The Morgan fingerprint density at radius 3 is 2.69 bits per heavy atom. The Bertz CT molecular complexity index is 953.